The third kappa shape index (κ3) is 4.09. The Labute approximate surface area is 153 Å². The Balaban J connectivity index is 1.80. The molecule has 1 unspecified atom stereocenters. The van der Waals surface area contributed by atoms with Gasteiger partial charge in [-0.15, -0.1) is 0 Å². The highest BCUT2D eigenvalue weighted by Gasteiger charge is 2.21. The number of anilines is 1. The fourth-order valence-electron chi connectivity index (χ4n) is 2.61. The van der Waals surface area contributed by atoms with Crippen molar-refractivity contribution in [1.29, 1.82) is 0 Å². The number of amides is 1. The summed E-state index contributed by atoms with van der Waals surface area (Å²) in [4.78, 5) is 41.3. The molecule has 3 N–H and O–H groups in total. The molecular formula is C18H17N5O4. The van der Waals surface area contributed by atoms with Crippen LogP contribution in [0.3, 0.4) is 0 Å². The molecule has 0 saturated heterocycles. The summed E-state index contributed by atoms with van der Waals surface area (Å²) in [6.07, 6.45) is 1.22. The largest absolute Gasteiger partial charge is 0.368 e. The van der Waals surface area contributed by atoms with E-state index in [1.807, 2.05) is 30.3 Å². The van der Waals surface area contributed by atoms with Gasteiger partial charge in [-0.1, -0.05) is 30.3 Å². The number of hydrogen-bond donors (Lipinski definition) is 3. The summed E-state index contributed by atoms with van der Waals surface area (Å²) < 4.78 is 0. The zero-order chi connectivity index (χ0) is 19.4. The number of nitro benzene ring substituents is 1. The predicted molar refractivity (Wildman–Crippen MR) is 100 cm³/mol. The quantitative estimate of drug-likeness (QED) is 0.451. The van der Waals surface area contributed by atoms with Crippen molar-refractivity contribution in [3.63, 3.8) is 0 Å². The van der Waals surface area contributed by atoms with E-state index >= 15 is 0 Å². The molecule has 9 nitrogen and oxygen atoms in total. The van der Waals surface area contributed by atoms with Crippen molar-refractivity contribution in [1.82, 2.24) is 15.3 Å². The van der Waals surface area contributed by atoms with Gasteiger partial charge in [-0.3, -0.25) is 19.7 Å². The van der Waals surface area contributed by atoms with Crippen molar-refractivity contribution in [2.75, 3.05) is 5.32 Å². The number of aromatic nitrogens is 2. The van der Waals surface area contributed by atoms with Gasteiger partial charge in [-0.25, -0.2) is 4.98 Å². The molecule has 1 amide bonds. The van der Waals surface area contributed by atoms with E-state index < -0.39 is 16.5 Å². The molecule has 0 aliphatic rings. The van der Waals surface area contributed by atoms with Crippen molar-refractivity contribution in [3.05, 3.63) is 74.8 Å². The van der Waals surface area contributed by atoms with Crippen LogP contribution in [-0.2, 0) is 11.3 Å². The van der Waals surface area contributed by atoms with Crippen molar-refractivity contribution < 1.29 is 9.72 Å². The zero-order valence-corrected chi connectivity index (χ0v) is 14.4. The van der Waals surface area contributed by atoms with Gasteiger partial charge in [-0.2, -0.15) is 0 Å². The average molecular weight is 367 g/mol. The maximum Gasteiger partial charge on any atom is 0.293 e. The highest BCUT2D eigenvalue weighted by molar-refractivity contribution is 5.89. The number of nitrogens with one attached hydrogen (secondary N) is 3. The van der Waals surface area contributed by atoms with Gasteiger partial charge in [0.1, 0.15) is 11.7 Å². The van der Waals surface area contributed by atoms with E-state index in [-0.39, 0.29) is 22.7 Å². The first kappa shape index (κ1) is 18.1. The number of aromatic amines is 1. The first-order valence-corrected chi connectivity index (χ1v) is 8.19. The summed E-state index contributed by atoms with van der Waals surface area (Å²) in [5.41, 5.74) is 0.585. The normalized spacial score (nSPS) is 11.7. The van der Waals surface area contributed by atoms with Gasteiger partial charge >= 0.3 is 0 Å². The van der Waals surface area contributed by atoms with Crippen LogP contribution >= 0.6 is 0 Å². The Morgan fingerprint density at radius 3 is 2.74 bits per heavy atom. The molecular weight excluding hydrogens is 350 g/mol. The van der Waals surface area contributed by atoms with Gasteiger partial charge in [0.15, 0.2) is 0 Å². The van der Waals surface area contributed by atoms with Crippen LogP contribution in [0.25, 0.3) is 10.9 Å². The van der Waals surface area contributed by atoms with E-state index in [1.54, 1.807) is 6.92 Å². The zero-order valence-electron chi connectivity index (χ0n) is 14.4. The molecule has 138 valence electrons. The number of fused-ring (bicyclic) bond motifs is 1. The number of hydrogen-bond acceptors (Lipinski definition) is 6. The van der Waals surface area contributed by atoms with Crippen molar-refractivity contribution in [2.24, 2.45) is 0 Å². The summed E-state index contributed by atoms with van der Waals surface area (Å²) >= 11 is 0. The van der Waals surface area contributed by atoms with E-state index in [1.165, 1.54) is 12.4 Å². The predicted octanol–water partition coefficient (Wildman–Crippen LogP) is 1.95. The first-order chi connectivity index (χ1) is 13.0. The van der Waals surface area contributed by atoms with Gasteiger partial charge in [-0.05, 0) is 18.6 Å². The second-order valence-corrected chi connectivity index (χ2v) is 5.94. The Hall–Kier alpha value is -3.75. The van der Waals surface area contributed by atoms with E-state index in [4.69, 9.17) is 0 Å². The maximum atomic E-state index is 12.3. The van der Waals surface area contributed by atoms with Crippen LogP contribution in [-0.4, -0.2) is 26.8 Å². The summed E-state index contributed by atoms with van der Waals surface area (Å²) in [5.74, 6) is -0.313. The molecule has 0 fully saturated rings. The molecule has 27 heavy (non-hydrogen) atoms. The molecule has 9 heteroatoms. The molecule has 1 atom stereocenters. The molecule has 3 aromatic rings. The molecule has 0 saturated carbocycles. The SMILES string of the molecule is CC(Nc1cc2nc[nH]c(=O)c2cc1[N+](=O)[O-])C(=O)NCc1ccccc1. The monoisotopic (exact) mass is 367 g/mol. The van der Waals surface area contributed by atoms with E-state index in [0.29, 0.717) is 12.1 Å². The number of nitro groups is 1. The van der Waals surface area contributed by atoms with Crippen LogP contribution in [0.1, 0.15) is 12.5 Å². The summed E-state index contributed by atoms with van der Waals surface area (Å²) in [6.45, 7) is 1.95. The number of carbonyl (C=O) groups excluding carboxylic acids is 1. The van der Waals surface area contributed by atoms with Crippen LogP contribution in [0.4, 0.5) is 11.4 Å². The van der Waals surface area contributed by atoms with Crippen LogP contribution in [0.2, 0.25) is 0 Å². The number of benzene rings is 2. The minimum atomic E-state index is -0.730. The lowest BCUT2D eigenvalue weighted by Crippen LogP contribution is -2.37. The molecule has 0 aliphatic heterocycles. The molecule has 0 radical (unpaired) electrons. The number of rotatable bonds is 6. The molecule has 0 aliphatic carbocycles. The molecule has 1 aromatic heterocycles. The standard InChI is InChI=1S/C18H17N5O4/c1-11(17(24)19-9-12-5-3-2-4-6-12)22-15-8-14-13(7-16(15)23(26)27)18(25)21-10-20-14/h2-8,10-11,22H,9H2,1H3,(H,19,24)(H,20,21,25). The van der Waals surface area contributed by atoms with Crippen molar-refractivity contribution in [3.8, 4) is 0 Å². The van der Waals surface area contributed by atoms with Crippen molar-refractivity contribution >= 4 is 28.2 Å². The third-order valence-corrected chi connectivity index (χ3v) is 4.03. The van der Waals surface area contributed by atoms with Crippen molar-refractivity contribution in [2.45, 2.75) is 19.5 Å². The topological polar surface area (TPSA) is 130 Å². The van der Waals surface area contributed by atoms with Crippen LogP contribution < -0.4 is 16.2 Å². The Morgan fingerprint density at radius 2 is 2.04 bits per heavy atom. The van der Waals surface area contributed by atoms with Crippen LogP contribution in [0.15, 0.2) is 53.6 Å². The number of nitrogens with zero attached hydrogens (tertiary/aromatic N) is 2. The lowest BCUT2D eigenvalue weighted by atomic mass is 10.1. The number of H-pyrrole nitrogens is 1. The second-order valence-electron chi connectivity index (χ2n) is 5.94. The average Bonchev–Trinajstić information content (AvgIpc) is 2.66. The molecule has 0 bridgehead atoms. The lowest BCUT2D eigenvalue weighted by Gasteiger charge is -2.15. The third-order valence-electron chi connectivity index (χ3n) is 4.03. The first-order valence-electron chi connectivity index (χ1n) is 8.19. The summed E-state index contributed by atoms with van der Waals surface area (Å²) in [7, 11) is 0. The smallest absolute Gasteiger partial charge is 0.293 e. The van der Waals surface area contributed by atoms with Gasteiger partial charge in [0, 0.05) is 12.6 Å². The highest BCUT2D eigenvalue weighted by Crippen LogP contribution is 2.28. The molecule has 2 aromatic carbocycles. The maximum absolute atomic E-state index is 12.3. The highest BCUT2D eigenvalue weighted by atomic mass is 16.6. The van der Waals surface area contributed by atoms with E-state index in [9.17, 15) is 19.7 Å². The van der Waals surface area contributed by atoms with Gasteiger partial charge in [0.25, 0.3) is 11.2 Å². The van der Waals surface area contributed by atoms with Crippen LogP contribution in [0, 0.1) is 10.1 Å². The fraction of sp³-hybridized carbons (Fsp3) is 0.167. The van der Waals surface area contributed by atoms with E-state index in [0.717, 1.165) is 11.6 Å². The summed E-state index contributed by atoms with van der Waals surface area (Å²) in [5, 5.41) is 17.1. The van der Waals surface area contributed by atoms with Gasteiger partial charge < -0.3 is 15.6 Å². The Kier molecular flexibility index (Phi) is 5.11. The minimum Gasteiger partial charge on any atom is -0.368 e. The molecule has 3 rings (SSSR count). The molecule has 0 spiro atoms. The fourth-order valence-corrected chi connectivity index (χ4v) is 2.61. The molecule has 1 heterocycles. The minimum absolute atomic E-state index is 0.107. The number of carbonyl (C=O) groups is 1. The van der Waals surface area contributed by atoms with Gasteiger partial charge in [0.2, 0.25) is 5.91 Å². The Morgan fingerprint density at radius 1 is 1.30 bits per heavy atom. The lowest BCUT2D eigenvalue weighted by molar-refractivity contribution is -0.383. The van der Waals surface area contributed by atoms with Crippen LogP contribution in [0.5, 0.6) is 0 Å². The Bertz CT molecular complexity index is 1050. The van der Waals surface area contributed by atoms with E-state index in [2.05, 4.69) is 20.6 Å². The second kappa shape index (κ2) is 7.65. The van der Waals surface area contributed by atoms with Gasteiger partial charge in [0.05, 0.1) is 22.2 Å². The summed E-state index contributed by atoms with van der Waals surface area (Å²) in [6, 6.07) is 11.2.